The van der Waals surface area contributed by atoms with Crippen molar-refractivity contribution in [1.82, 2.24) is 0 Å². The zero-order valence-corrected chi connectivity index (χ0v) is 19.8. The van der Waals surface area contributed by atoms with E-state index < -0.39 is 10.0 Å². The molecular weight excluding hydrogens is 432 g/mol. The molecule has 1 aliphatic heterocycles. The highest BCUT2D eigenvalue weighted by molar-refractivity contribution is 7.92. The van der Waals surface area contributed by atoms with Gasteiger partial charge in [0.15, 0.2) is 11.5 Å². The van der Waals surface area contributed by atoms with Crippen molar-refractivity contribution < 1.29 is 27.4 Å². The lowest BCUT2D eigenvalue weighted by Crippen LogP contribution is -2.34. The van der Waals surface area contributed by atoms with Crippen LogP contribution in [0.3, 0.4) is 0 Å². The van der Waals surface area contributed by atoms with Crippen molar-refractivity contribution in [2.45, 2.75) is 33.6 Å². The van der Waals surface area contributed by atoms with Gasteiger partial charge in [-0.1, -0.05) is 0 Å². The van der Waals surface area contributed by atoms with Gasteiger partial charge >= 0.3 is 0 Å². The van der Waals surface area contributed by atoms with E-state index in [1.165, 1.54) is 10.6 Å². The summed E-state index contributed by atoms with van der Waals surface area (Å²) >= 11 is 0. The molecule has 0 fully saturated rings. The van der Waals surface area contributed by atoms with E-state index in [4.69, 9.17) is 14.2 Å². The number of carbonyl (C=O) groups is 1. The maximum Gasteiger partial charge on any atom is 0.255 e. The van der Waals surface area contributed by atoms with Crippen molar-refractivity contribution in [3.05, 3.63) is 41.5 Å². The van der Waals surface area contributed by atoms with Gasteiger partial charge < -0.3 is 19.5 Å². The highest BCUT2D eigenvalue weighted by Gasteiger charge is 2.24. The van der Waals surface area contributed by atoms with Gasteiger partial charge in [-0.3, -0.25) is 9.10 Å². The minimum Gasteiger partial charge on any atom is -0.490 e. The number of fused-ring (bicyclic) bond motifs is 1. The van der Waals surface area contributed by atoms with Gasteiger partial charge in [0.05, 0.1) is 31.8 Å². The molecule has 0 aromatic heterocycles. The molecule has 0 bridgehead atoms. The SMILES string of the molecule is CCOc1cc(C(=O)Nc2ccc3c(c2)CCCN3S(C)(=O)=O)cc(OCC)c1OCC. The zero-order valence-electron chi connectivity index (χ0n) is 18.9. The largest absolute Gasteiger partial charge is 0.490 e. The van der Waals surface area contributed by atoms with Gasteiger partial charge in [0.2, 0.25) is 15.8 Å². The lowest BCUT2D eigenvalue weighted by Gasteiger charge is -2.29. The van der Waals surface area contributed by atoms with E-state index in [1.54, 1.807) is 24.3 Å². The van der Waals surface area contributed by atoms with Crippen LogP contribution in [-0.4, -0.2) is 46.9 Å². The molecule has 0 aliphatic carbocycles. The number of amides is 1. The van der Waals surface area contributed by atoms with Crippen molar-refractivity contribution in [2.75, 3.05) is 42.2 Å². The highest BCUT2D eigenvalue weighted by Crippen LogP contribution is 2.39. The van der Waals surface area contributed by atoms with Crippen LogP contribution in [0.1, 0.15) is 43.1 Å². The van der Waals surface area contributed by atoms with E-state index in [0.717, 1.165) is 18.4 Å². The Morgan fingerprint density at radius 2 is 1.62 bits per heavy atom. The second kappa shape index (κ2) is 10.1. The van der Waals surface area contributed by atoms with Gasteiger partial charge in [0.25, 0.3) is 5.91 Å². The monoisotopic (exact) mass is 462 g/mol. The first-order chi connectivity index (χ1) is 15.3. The van der Waals surface area contributed by atoms with Gasteiger partial charge in [-0.15, -0.1) is 0 Å². The molecule has 0 atom stereocenters. The molecule has 0 radical (unpaired) electrons. The van der Waals surface area contributed by atoms with Gasteiger partial charge in [0.1, 0.15) is 0 Å². The van der Waals surface area contributed by atoms with Gasteiger partial charge in [0, 0.05) is 17.8 Å². The molecule has 2 aromatic carbocycles. The number of nitrogens with one attached hydrogen (secondary N) is 1. The van der Waals surface area contributed by atoms with Crippen molar-refractivity contribution in [3.63, 3.8) is 0 Å². The first-order valence-corrected chi connectivity index (χ1v) is 12.6. The molecule has 0 unspecified atom stereocenters. The molecule has 1 heterocycles. The van der Waals surface area contributed by atoms with Gasteiger partial charge in [-0.2, -0.15) is 0 Å². The number of sulfonamides is 1. The summed E-state index contributed by atoms with van der Waals surface area (Å²) in [6.07, 6.45) is 2.68. The fraction of sp³-hybridized carbons (Fsp3) is 0.435. The summed E-state index contributed by atoms with van der Waals surface area (Å²) in [4.78, 5) is 13.0. The molecular formula is C23H30N2O6S. The van der Waals surface area contributed by atoms with Crippen LogP contribution >= 0.6 is 0 Å². The third-order valence-corrected chi connectivity index (χ3v) is 6.16. The number of nitrogens with zero attached hydrogens (tertiary/aromatic N) is 1. The van der Waals surface area contributed by atoms with Crippen molar-refractivity contribution in [3.8, 4) is 17.2 Å². The molecule has 0 spiro atoms. The fourth-order valence-electron chi connectivity index (χ4n) is 3.71. The third-order valence-electron chi connectivity index (χ3n) is 4.99. The van der Waals surface area contributed by atoms with Crippen molar-refractivity contribution in [2.24, 2.45) is 0 Å². The van der Waals surface area contributed by atoms with Gasteiger partial charge in [-0.05, 0) is 69.5 Å². The zero-order chi connectivity index (χ0) is 23.3. The lowest BCUT2D eigenvalue weighted by atomic mass is 10.0. The number of ether oxygens (including phenoxy) is 3. The number of benzene rings is 2. The van der Waals surface area contributed by atoms with Crippen LogP contribution in [0.5, 0.6) is 17.2 Å². The average molecular weight is 463 g/mol. The number of anilines is 2. The summed E-state index contributed by atoms with van der Waals surface area (Å²) in [5.41, 5.74) is 2.51. The Bertz CT molecular complexity index is 1060. The Labute approximate surface area is 189 Å². The molecule has 8 nitrogen and oxygen atoms in total. The van der Waals surface area contributed by atoms with Crippen LogP contribution in [0.2, 0.25) is 0 Å². The minimum atomic E-state index is -3.34. The summed E-state index contributed by atoms with van der Waals surface area (Å²) in [5.74, 6) is 1.03. The molecule has 1 amide bonds. The van der Waals surface area contributed by atoms with Crippen molar-refractivity contribution in [1.29, 1.82) is 0 Å². The number of rotatable bonds is 9. The number of hydrogen-bond acceptors (Lipinski definition) is 6. The molecule has 1 N–H and O–H groups in total. The maximum absolute atomic E-state index is 13.0. The topological polar surface area (TPSA) is 94.2 Å². The molecule has 3 rings (SSSR count). The summed E-state index contributed by atoms with van der Waals surface area (Å²) < 4.78 is 42.6. The molecule has 1 aliphatic rings. The predicted octanol–water partition coefficient (Wildman–Crippen LogP) is 3.85. The molecule has 32 heavy (non-hydrogen) atoms. The van der Waals surface area contributed by atoms with Crippen LogP contribution in [-0.2, 0) is 16.4 Å². The average Bonchev–Trinajstić information content (AvgIpc) is 2.74. The van der Waals surface area contributed by atoms with E-state index >= 15 is 0 Å². The molecule has 174 valence electrons. The Balaban J connectivity index is 1.90. The van der Waals surface area contributed by atoms with Crippen LogP contribution in [0, 0.1) is 0 Å². The van der Waals surface area contributed by atoms with E-state index in [9.17, 15) is 13.2 Å². The van der Waals surface area contributed by atoms with E-state index in [1.807, 2.05) is 26.8 Å². The van der Waals surface area contributed by atoms with E-state index in [2.05, 4.69) is 5.32 Å². The third kappa shape index (κ3) is 5.27. The Hall–Kier alpha value is -2.94. The summed E-state index contributed by atoms with van der Waals surface area (Å²) in [6, 6.07) is 8.54. The van der Waals surface area contributed by atoms with Crippen LogP contribution in [0.15, 0.2) is 30.3 Å². The second-order valence-corrected chi connectivity index (χ2v) is 9.24. The second-order valence-electron chi connectivity index (χ2n) is 7.34. The number of carbonyl (C=O) groups excluding carboxylic acids is 1. The standard InChI is InChI=1S/C23H30N2O6S/c1-5-29-20-14-17(15-21(30-6-2)22(20)31-7-3)23(26)24-18-10-11-19-16(13-18)9-8-12-25(19)32(4,27)28/h10-11,13-15H,5-9,12H2,1-4H3,(H,24,26). The summed E-state index contributed by atoms with van der Waals surface area (Å²) in [6.45, 7) is 7.31. The van der Waals surface area contributed by atoms with Gasteiger partial charge in [-0.25, -0.2) is 8.42 Å². The minimum absolute atomic E-state index is 0.328. The van der Waals surface area contributed by atoms with Crippen LogP contribution < -0.4 is 23.8 Å². The van der Waals surface area contributed by atoms with E-state index in [0.29, 0.717) is 60.6 Å². The molecule has 0 saturated carbocycles. The lowest BCUT2D eigenvalue weighted by molar-refractivity contribution is 0.102. The fourth-order valence-corrected chi connectivity index (χ4v) is 4.70. The predicted molar refractivity (Wildman–Crippen MR) is 125 cm³/mol. The summed E-state index contributed by atoms with van der Waals surface area (Å²) in [7, 11) is -3.34. The first-order valence-electron chi connectivity index (χ1n) is 10.8. The van der Waals surface area contributed by atoms with E-state index in [-0.39, 0.29) is 5.91 Å². The van der Waals surface area contributed by atoms with Crippen LogP contribution in [0.4, 0.5) is 11.4 Å². The van der Waals surface area contributed by atoms with Crippen molar-refractivity contribution >= 4 is 27.3 Å². The quantitative estimate of drug-likeness (QED) is 0.608. The molecule has 0 saturated heterocycles. The van der Waals surface area contributed by atoms with Crippen LogP contribution in [0.25, 0.3) is 0 Å². The smallest absolute Gasteiger partial charge is 0.255 e. The Morgan fingerprint density at radius 1 is 1.00 bits per heavy atom. The Kier molecular flexibility index (Phi) is 7.50. The maximum atomic E-state index is 13.0. The molecule has 9 heteroatoms. The first kappa shape index (κ1) is 23.7. The number of aryl methyl sites for hydroxylation is 1. The molecule has 2 aromatic rings. The number of hydrogen-bond donors (Lipinski definition) is 1. The Morgan fingerprint density at radius 3 is 2.19 bits per heavy atom. The summed E-state index contributed by atoms with van der Waals surface area (Å²) in [5, 5.41) is 2.89. The highest BCUT2D eigenvalue weighted by atomic mass is 32.2. The normalized spacial score (nSPS) is 13.3.